The number of ketones is 1. The SMILES string of the molecule is O=C(NNC1=CCC[C@@H]1C(=O)C(F)(F)F)c1ccccc1Cl. The third-order valence-electron chi connectivity index (χ3n) is 3.23. The molecule has 22 heavy (non-hydrogen) atoms. The van der Waals surface area contributed by atoms with E-state index in [2.05, 4.69) is 10.9 Å². The van der Waals surface area contributed by atoms with E-state index in [9.17, 15) is 22.8 Å². The van der Waals surface area contributed by atoms with Gasteiger partial charge in [0.15, 0.2) is 0 Å². The van der Waals surface area contributed by atoms with Crippen LogP contribution < -0.4 is 10.9 Å². The zero-order valence-electron chi connectivity index (χ0n) is 11.2. The molecule has 0 aliphatic heterocycles. The molecule has 1 aromatic rings. The zero-order chi connectivity index (χ0) is 16.3. The molecule has 0 spiro atoms. The van der Waals surface area contributed by atoms with Crippen molar-refractivity contribution >= 4 is 23.3 Å². The van der Waals surface area contributed by atoms with Crippen LogP contribution in [0.25, 0.3) is 0 Å². The quantitative estimate of drug-likeness (QED) is 0.833. The number of rotatable bonds is 4. The van der Waals surface area contributed by atoms with Gasteiger partial charge in [0.05, 0.1) is 16.5 Å². The number of halogens is 4. The van der Waals surface area contributed by atoms with Crippen molar-refractivity contribution in [2.45, 2.75) is 19.0 Å². The molecule has 0 saturated carbocycles. The molecule has 1 aromatic carbocycles. The number of hydrazine groups is 1. The van der Waals surface area contributed by atoms with Crippen LogP contribution in [0, 0.1) is 5.92 Å². The Bertz CT molecular complexity index is 629. The first-order chi connectivity index (χ1) is 10.3. The number of nitrogens with one attached hydrogen (secondary N) is 2. The normalized spacial score (nSPS) is 17.8. The van der Waals surface area contributed by atoms with Gasteiger partial charge in [0, 0.05) is 5.70 Å². The number of hydrogen-bond acceptors (Lipinski definition) is 3. The van der Waals surface area contributed by atoms with Crippen molar-refractivity contribution in [1.29, 1.82) is 0 Å². The molecule has 4 nitrogen and oxygen atoms in total. The molecule has 0 radical (unpaired) electrons. The molecular weight excluding hydrogens is 321 g/mol. The second kappa shape index (κ2) is 6.39. The van der Waals surface area contributed by atoms with E-state index in [0.29, 0.717) is 6.42 Å². The Morgan fingerprint density at radius 2 is 1.91 bits per heavy atom. The highest BCUT2D eigenvalue weighted by molar-refractivity contribution is 6.33. The maximum atomic E-state index is 12.5. The highest BCUT2D eigenvalue weighted by atomic mass is 35.5. The van der Waals surface area contributed by atoms with Crippen LogP contribution in [0.1, 0.15) is 23.2 Å². The molecule has 0 unspecified atom stereocenters. The van der Waals surface area contributed by atoms with Gasteiger partial charge in [0.2, 0.25) is 5.78 Å². The van der Waals surface area contributed by atoms with Gasteiger partial charge in [-0.2, -0.15) is 13.2 Å². The molecule has 0 aromatic heterocycles. The second-order valence-corrected chi connectivity index (χ2v) is 5.12. The average molecular weight is 333 g/mol. The summed E-state index contributed by atoms with van der Waals surface area (Å²) in [6.45, 7) is 0. The lowest BCUT2D eigenvalue weighted by molar-refractivity contribution is -0.174. The maximum absolute atomic E-state index is 12.5. The largest absolute Gasteiger partial charge is 0.450 e. The molecule has 1 atom stereocenters. The summed E-state index contributed by atoms with van der Waals surface area (Å²) in [5.74, 6) is -3.74. The number of carbonyl (C=O) groups excluding carboxylic acids is 2. The molecule has 1 aliphatic carbocycles. The lowest BCUT2D eigenvalue weighted by atomic mass is 10.0. The Morgan fingerprint density at radius 3 is 2.55 bits per heavy atom. The summed E-state index contributed by atoms with van der Waals surface area (Å²) >= 11 is 5.85. The predicted octanol–water partition coefficient (Wildman–Crippen LogP) is 3.00. The number of hydrogen-bond donors (Lipinski definition) is 2. The molecule has 2 N–H and O–H groups in total. The molecule has 2 rings (SSSR count). The Balaban J connectivity index is 2.01. The number of benzene rings is 1. The van der Waals surface area contributed by atoms with E-state index in [-0.39, 0.29) is 22.7 Å². The molecular formula is C14H12ClF3N2O2. The first kappa shape index (κ1) is 16.4. The summed E-state index contributed by atoms with van der Waals surface area (Å²) in [7, 11) is 0. The van der Waals surface area contributed by atoms with E-state index in [1.807, 2.05) is 0 Å². The van der Waals surface area contributed by atoms with Crippen molar-refractivity contribution in [2.24, 2.45) is 5.92 Å². The molecule has 8 heteroatoms. The predicted molar refractivity (Wildman–Crippen MR) is 73.9 cm³/mol. The van der Waals surface area contributed by atoms with E-state index >= 15 is 0 Å². The fourth-order valence-electron chi connectivity index (χ4n) is 2.15. The molecule has 0 heterocycles. The van der Waals surface area contributed by atoms with Crippen LogP contribution in [0.5, 0.6) is 0 Å². The van der Waals surface area contributed by atoms with Crippen LogP contribution in [0.3, 0.4) is 0 Å². The Labute approximate surface area is 129 Å². The van der Waals surface area contributed by atoms with Crippen molar-refractivity contribution in [3.05, 3.63) is 46.6 Å². The van der Waals surface area contributed by atoms with Crippen LogP contribution in [0.2, 0.25) is 5.02 Å². The number of allylic oxidation sites excluding steroid dienone is 2. The summed E-state index contributed by atoms with van der Waals surface area (Å²) in [5, 5.41) is 0.213. The molecule has 118 valence electrons. The lowest BCUT2D eigenvalue weighted by Crippen LogP contribution is -2.41. The fourth-order valence-corrected chi connectivity index (χ4v) is 2.37. The van der Waals surface area contributed by atoms with Crippen LogP contribution in [-0.2, 0) is 4.79 Å². The summed E-state index contributed by atoms with van der Waals surface area (Å²) in [6.07, 6.45) is -3.05. The highest BCUT2D eigenvalue weighted by Gasteiger charge is 2.45. The smallest absolute Gasteiger partial charge is 0.302 e. The lowest BCUT2D eigenvalue weighted by Gasteiger charge is -2.17. The summed E-state index contributed by atoms with van der Waals surface area (Å²) in [6, 6.07) is 6.23. The molecule has 0 fully saturated rings. The van der Waals surface area contributed by atoms with Gasteiger partial charge in [-0.15, -0.1) is 0 Å². The van der Waals surface area contributed by atoms with Crippen molar-refractivity contribution < 1.29 is 22.8 Å². The number of alkyl halides is 3. The van der Waals surface area contributed by atoms with Crippen LogP contribution in [0.15, 0.2) is 36.0 Å². The standard InChI is InChI=1S/C14H12ClF3N2O2/c15-10-6-2-1-4-8(10)13(22)20-19-11-7-3-5-9(11)12(21)14(16,17)18/h1-2,4,6-7,9,19H,3,5H2,(H,20,22)/t9-/m0/s1. The van der Waals surface area contributed by atoms with Crippen molar-refractivity contribution in [3.8, 4) is 0 Å². The van der Waals surface area contributed by atoms with Gasteiger partial charge in [-0.1, -0.05) is 29.8 Å². The van der Waals surface area contributed by atoms with Gasteiger partial charge in [-0.05, 0) is 25.0 Å². The van der Waals surface area contributed by atoms with Gasteiger partial charge < -0.3 is 5.43 Å². The van der Waals surface area contributed by atoms with Crippen LogP contribution in [-0.4, -0.2) is 17.9 Å². The van der Waals surface area contributed by atoms with E-state index in [1.165, 1.54) is 18.2 Å². The first-order valence-electron chi connectivity index (χ1n) is 6.42. The Morgan fingerprint density at radius 1 is 1.23 bits per heavy atom. The minimum Gasteiger partial charge on any atom is -0.302 e. The van der Waals surface area contributed by atoms with E-state index in [0.717, 1.165) is 0 Å². The zero-order valence-corrected chi connectivity index (χ0v) is 12.0. The number of Topliss-reactive ketones (excluding diaryl/α,β-unsaturated/α-hetero) is 1. The molecule has 0 bridgehead atoms. The van der Waals surface area contributed by atoms with Crippen molar-refractivity contribution in [3.63, 3.8) is 0 Å². The van der Waals surface area contributed by atoms with Gasteiger partial charge in [-0.25, -0.2) is 0 Å². The third kappa shape index (κ3) is 3.59. The van der Waals surface area contributed by atoms with Gasteiger partial charge >= 0.3 is 6.18 Å². The third-order valence-corrected chi connectivity index (χ3v) is 3.56. The van der Waals surface area contributed by atoms with Crippen molar-refractivity contribution in [1.82, 2.24) is 10.9 Å². The van der Waals surface area contributed by atoms with Gasteiger partial charge in [0.25, 0.3) is 5.91 Å². The minimum atomic E-state index is -4.90. The first-order valence-corrected chi connectivity index (χ1v) is 6.80. The Hall–Kier alpha value is -2.02. The maximum Gasteiger partial charge on any atom is 0.450 e. The van der Waals surface area contributed by atoms with Gasteiger partial charge in [-0.3, -0.25) is 15.0 Å². The molecule has 1 amide bonds. The van der Waals surface area contributed by atoms with Crippen LogP contribution in [0.4, 0.5) is 13.2 Å². The van der Waals surface area contributed by atoms with E-state index in [1.54, 1.807) is 12.1 Å². The number of amides is 1. The summed E-state index contributed by atoms with van der Waals surface area (Å²) < 4.78 is 37.4. The molecule has 1 aliphatic rings. The number of carbonyl (C=O) groups is 2. The summed E-state index contributed by atoms with van der Waals surface area (Å²) in [4.78, 5) is 23.2. The average Bonchev–Trinajstić information content (AvgIpc) is 2.91. The minimum absolute atomic E-state index is 0.0442. The van der Waals surface area contributed by atoms with E-state index < -0.39 is 23.8 Å². The van der Waals surface area contributed by atoms with Crippen molar-refractivity contribution in [2.75, 3.05) is 0 Å². The van der Waals surface area contributed by atoms with Crippen LogP contribution >= 0.6 is 11.6 Å². The van der Waals surface area contributed by atoms with E-state index in [4.69, 9.17) is 11.6 Å². The van der Waals surface area contributed by atoms with Gasteiger partial charge in [0.1, 0.15) is 0 Å². The summed E-state index contributed by atoms with van der Waals surface area (Å²) in [5.41, 5.74) is 4.87. The monoisotopic (exact) mass is 332 g/mol. The molecule has 0 saturated heterocycles. The fraction of sp³-hybridized carbons (Fsp3) is 0.286. The second-order valence-electron chi connectivity index (χ2n) is 4.71. The topological polar surface area (TPSA) is 58.2 Å². The Kier molecular flexibility index (Phi) is 4.75. The highest BCUT2D eigenvalue weighted by Crippen LogP contribution is 2.31.